The molecule has 1 aromatic rings. The number of halogens is 1. The summed E-state index contributed by atoms with van der Waals surface area (Å²) in [4.78, 5) is 16.1. The maximum absolute atomic E-state index is 11.3. The molecule has 5 heteroatoms. The summed E-state index contributed by atoms with van der Waals surface area (Å²) in [5, 5.41) is 1.00. The summed E-state index contributed by atoms with van der Waals surface area (Å²) in [6.45, 7) is 0.363. The maximum atomic E-state index is 11.3. The van der Waals surface area contributed by atoms with Crippen molar-refractivity contribution in [3.63, 3.8) is 0 Å². The predicted octanol–water partition coefficient (Wildman–Crippen LogP) is 3.14. The molecule has 0 amide bonds. The van der Waals surface area contributed by atoms with Crippen molar-refractivity contribution >= 4 is 33.2 Å². The zero-order valence-corrected chi connectivity index (χ0v) is 10.8. The Bertz CT molecular complexity index is 277. The number of aromatic nitrogens is 1. The summed E-state index contributed by atoms with van der Waals surface area (Å²) in [5.74, 6) is -0.113. The lowest BCUT2D eigenvalue weighted by Crippen LogP contribution is -2.03. The molecule has 0 N–H and O–H groups in total. The molecule has 0 aliphatic rings. The van der Waals surface area contributed by atoms with E-state index in [-0.39, 0.29) is 5.97 Å². The molecule has 1 rings (SSSR count). The van der Waals surface area contributed by atoms with Crippen LogP contribution in [-0.4, -0.2) is 16.3 Å². The third-order valence-corrected chi connectivity index (χ3v) is 3.19. The molecule has 1 heterocycles. The molecule has 15 heavy (non-hydrogen) atoms. The minimum atomic E-state index is -0.113. The summed E-state index contributed by atoms with van der Waals surface area (Å²) >= 11 is 4.85. The second-order valence-electron chi connectivity index (χ2n) is 3.13. The number of esters is 1. The highest BCUT2D eigenvalue weighted by molar-refractivity contribution is 9.09. The molecule has 0 aliphatic heterocycles. The van der Waals surface area contributed by atoms with Gasteiger partial charge in [0.15, 0.2) is 0 Å². The van der Waals surface area contributed by atoms with Crippen molar-refractivity contribution in [1.29, 1.82) is 0 Å². The highest BCUT2D eigenvalue weighted by atomic mass is 79.9. The topological polar surface area (TPSA) is 39.2 Å². The number of alkyl halides is 1. The van der Waals surface area contributed by atoms with E-state index in [0.717, 1.165) is 29.5 Å². The average Bonchev–Trinajstić information content (AvgIpc) is 2.74. The lowest BCUT2D eigenvalue weighted by Gasteiger charge is -2.02. The van der Waals surface area contributed by atoms with E-state index in [0.29, 0.717) is 13.0 Å². The van der Waals surface area contributed by atoms with Crippen LogP contribution in [0, 0.1) is 0 Å². The third kappa shape index (κ3) is 5.89. The number of thiazole rings is 1. The minimum Gasteiger partial charge on any atom is -0.460 e. The van der Waals surface area contributed by atoms with Crippen molar-refractivity contribution in [2.24, 2.45) is 0 Å². The standard InChI is InChI=1S/C10H14BrNO2S/c11-5-3-1-2-4-10(13)14-7-9-6-12-8-15-9/h6,8H,1-5,7H2. The number of ether oxygens (including phenoxy) is 1. The Morgan fingerprint density at radius 3 is 3.00 bits per heavy atom. The fraction of sp³-hybridized carbons (Fsp3) is 0.600. The molecule has 0 saturated heterocycles. The molecule has 0 fully saturated rings. The van der Waals surface area contributed by atoms with Gasteiger partial charge in [-0.25, -0.2) is 0 Å². The van der Waals surface area contributed by atoms with Crippen molar-refractivity contribution in [3.05, 3.63) is 16.6 Å². The van der Waals surface area contributed by atoms with Crippen LogP contribution in [0.5, 0.6) is 0 Å². The molecular formula is C10H14BrNO2S. The van der Waals surface area contributed by atoms with Gasteiger partial charge >= 0.3 is 5.97 Å². The molecule has 84 valence electrons. The monoisotopic (exact) mass is 291 g/mol. The first-order valence-electron chi connectivity index (χ1n) is 4.92. The first kappa shape index (κ1) is 12.6. The van der Waals surface area contributed by atoms with Crippen LogP contribution < -0.4 is 0 Å². The Morgan fingerprint density at radius 2 is 2.33 bits per heavy atom. The number of hydrogen-bond donors (Lipinski definition) is 0. The van der Waals surface area contributed by atoms with Crippen molar-refractivity contribution in [1.82, 2.24) is 4.98 Å². The van der Waals surface area contributed by atoms with E-state index in [1.54, 1.807) is 11.7 Å². The average molecular weight is 292 g/mol. The molecule has 0 spiro atoms. The SMILES string of the molecule is O=C(CCCCCBr)OCc1cncs1. The van der Waals surface area contributed by atoms with Crippen LogP contribution in [0.1, 0.15) is 30.6 Å². The molecule has 3 nitrogen and oxygen atoms in total. The molecule has 0 aromatic carbocycles. The van der Waals surface area contributed by atoms with Crippen molar-refractivity contribution in [3.8, 4) is 0 Å². The Hall–Kier alpha value is -0.420. The predicted molar refractivity (Wildman–Crippen MR) is 64.2 cm³/mol. The minimum absolute atomic E-state index is 0.113. The van der Waals surface area contributed by atoms with E-state index < -0.39 is 0 Å². The van der Waals surface area contributed by atoms with E-state index >= 15 is 0 Å². The number of nitrogens with zero attached hydrogens (tertiary/aromatic N) is 1. The first-order chi connectivity index (χ1) is 7.33. The molecule has 0 radical (unpaired) electrons. The molecule has 0 unspecified atom stereocenters. The number of hydrogen-bond acceptors (Lipinski definition) is 4. The first-order valence-corrected chi connectivity index (χ1v) is 6.92. The van der Waals surface area contributed by atoms with Gasteiger partial charge in [0, 0.05) is 17.9 Å². The zero-order chi connectivity index (χ0) is 10.9. The Morgan fingerprint density at radius 1 is 1.47 bits per heavy atom. The van der Waals surface area contributed by atoms with Gasteiger partial charge in [-0.3, -0.25) is 9.78 Å². The van der Waals surface area contributed by atoms with E-state index in [1.807, 2.05) is 0 Å². The Kier molecular flexibility index (Phi) is 6.59. The zero-order valence-electron chi connectivity index (χ0n) is 8.45. The van der Waals surface area contributed by atoms with Crippen molar-refractivity contribution in [2.75, 3.05) is 5.33 Å². The summed E-state index contributed by atoms with van der Waals surface area (Å²) in [5.41, 5.74) is 1.74. The third-order valence-electron chi connectivity index (χ3n) is 1.87. The number of carbonyl (C=O) groups is 1. The number of carbonyl (C=O) groups excluding carboxylic acids is 1. The molecule has 0 bridgehead atoms. The van der Waals surface area contributed by atoms with Crippen LogP contribution in [0.2, 0.25) is 0 Å². The van der Waals surface area contributed by atoms with Gasteiger partial charge in [-0.1, -0.05) is 22.4 Å². The Labute approximate surface area is 102 Å². The van der Waals surface area contributed by atoms with Gasteiger partial charge in [0.05, 0.1) is 10.4 Å². The van der Waals surface area contributed by atoms with E-state index in [4.69, 9.17) is 4.74 Å². The van der Waals surface area contributed by atoms with Crippen molar-refractivity contribution in [2.45, 2.75) is 32.3 Å². The van der Waals surface area contributed by atoms with Gasteiger partial charge in [0.25, 0.3) is 0 Å². The second-order valence-corrected chi connectivity index (χ2v) is 4.89. The van der Waals surface area contributed by atoms with Gasteiger partial charge in [0.1, 0.15) is 6.61 Å². The quantitative estimate of drug-likeness (QED) is 0.440. The van der Waals surface area contributed by atoms with Crippen LogP contribution in [-0.2, 0) is 16.1 Å². The van der Waals surface area contributed by atoms with Gasteiger partial charge in [-0.2, -0.15) is 0 Å². The van der Waals surface area contributed by atoms with Crippen LogP contribution in [0.25, 0.3) is 0 Å². The normalized spacial score (nSPS) is 10.2. The second kappa shape index (κ2) is 7.82. The molecule has 0 saturated carbocycles. The fourth-order valence-corrected chi connectivity index (χ4v) is 1.98. The molecular weight excluding hydrogens is 278 g/mol. The summed E-state index contributed by atoms with van der Waals surface area (Å²) in [6, 6.07) is 0. The molecule has 0 aliphatic carbocycles. The lowest BCUT2D eigenvalue weighted by molar-refractivity contribution is -0.145. The fourth-order valence-electron chi connectivity index (χ4n) is 1.08. The van der Waals surface area contributed by atoms with Crippen molar-refractivity contribution < 1.29 is 9.53 Å². The summed E-state index contributed by atoms with van der Waals surface area (Å²) in [6.07, 6.45) is 5.34. The maximum Gasteiger partial charge on any atom is 0.306 e. The van der Waals surface area contributed by atoms with E-state index in [9.17, 15) is 4.79 Å². The smallest absolute Gasteiger partial charge is 0.306 e. The van der Waals surface area contributed by atoms with E-state index in [2.05, 4.69) is 20.9 Å². The van der Waals surface area contributed by atoms with Crippen LogP contribution in [0.3, 0.4) is 0 Å². The van der Waals surface area contributed by atoms with Gasteiger partial charge in [-0.05, 0) is 12.8 Å². The number of unbranched alkanes of at least 4 members (excludes halogenated alkanes) is 2. The largest absolute Gasteiger partial charge is 0.460 e. The van der Waals surface area contributed by atoms with Crippen LogP contribution in [0.4, 0.5) is 0 Å². The molecule has 1 aromatic heterocycles. The van der Waals surface area contributed by atoms with Crippen LogP contribution in [0.15, 0.2) is 11.7 Å². The van der Waals surface area contributed by atoms with E-state index in [1.165, 1.54) is 11.3 Å². The lowest BCUT2D eigenvalue weighted by atomic mass is 10.2. The van der Waals surface area contributed by atoms with Gasteiger partial charge in [-0.15, -0.1) is 11.3 Å². The highest BCUT2D eigenvalue weighted by Crippen LogP contribution is 2.09. The van der Waals surface area contributed by atoms with Gasteiger partial charge < -0.3 is 4.74 Å². The molecule has 0 atom stereocenters. The summed E-state index contributed by atoms with van der Waals surface area (Å²) in [7, 11) is 0. The van der Waals surface area contributed by atoms with Gasteiger partial charge in [0.2, 0.25) is 0 Å². The Balaban J connectivity index is 2.04. The highest BCUT2D eigenvalue weighted by Gasteiger charge is 2.03. The number of rotatable bonds is 7. The summed E-state index contributed by atoms with van der Waals surface area (Å²) < 4.78 is 5.09. The van der Waals surface area contributed by atoms with Crippen LogP contribution >= 0.6 is 27.3 Å².